The normalized spacial score (nSPS) is 13.8. The highest BCUT2D eigenvalue weighted by atomic mass is 16.4. The van der Waals surface area contributed by atoms with E-state index in [0.29, 0.717) is 5.56 Å². The number of primary amides is 1. The van der Waals surface area contributed by atoms with Gasteiger partial charge in [-0.25, -0.2) is 4.79 Å². The van der Waals surface area contributed by atoms with E-state index in [1.54, 1.807) is 30.3 Å². The molecule has 0 saturated carbocycles. The molecule has 204 valence electrons. The van der Waals surface area contributed by atoms with Crippen LogP contribution in [0.1, 0.15) is 24.8 Å². The molecule has 1 aromatic rings. The summed E-state index contributed by atoms with van der Waals surface area (Å²) in [6.45, 7) is -0.515. The van der Waals surface area contributed by atoms with Crippen LogP contribution in [0.4, 0.5) is 0 Å². The summed E-state index contributed by atoms with van der Waals surface area (Å²) in [5, 5.41) is 25.6. The molecule has 0 aliphatic heterocycles. The summed E-state index contributed by atoms with van der Waals surface area (Å²) in [4.78, 5) is 64.9. The van der Waals surface area contributed by atoms with E-state index in [1.165, 1.54) is 0 Å². The highest BCUT2D eigenvalue weighted by Gasteiger charge is 2.31. The molecular formula is C22H34N8O7. The molecule has 15 nitrogen and oxygen atoms in total. The number of nitrogens with zero attached hydrogens (tertiary/aromatic N) is 1. The van der Waals surface area contributed by atoms with Gasteiger partial charge >= 0.3 is 5.97 Å². The van der Waals surface area contributed by atoms with Gasteiger partial charge < -0.3 is 49.1 Å². The molecule has 4 unspecified atom stereocenters. The van der Waals surface area contributed by atoms with E-state index in [9.17, 15) is 29.1 Å². The zero-order chi connectivity index (χ0) is 28.0. The first kappa shape index (κ1) is 30.8. The van der Waals surface area contributed by atoms with E-state index in [0.717, 1.165) is 0 Å². The third-order valence-electron chi connectivity index (χ3n) is 5.05. The van der Waals surface area contributed by atoms with Gasteiger partial charge in [-0.3, -0.25) is 24.2 Å². The van der Waals surface area contributed by atoms with Gasteiger partial charge in [0.05, 0.1) is 13.0 Å². The van der Waals surface area contributed by atoms with Crippen molar-refractivity contribution in [3.63, 3.8) is 0 Å². The van der Waals surface area contributed by atoms with Crippen LogP contribution >= 0.6 is 0 Å². The smallest absolute Gasteiger partial charge is 0.326 e. The number of aliphatic carboxylic acids is 1. The Morgan fingerprint density at radius 3 is 1.97 bits per heavy atom. The summed E-state index contributed by atoms with van der Waals surface area (Å²) in [6.07, 6.45) is -0.382. The zero-order valence-corrected chi connectivity index (χ0v) is 20.1. The van der Waals surface area contributed by atoms with Gasteiger partial charge in [-0.1, -0.05) is 30.3 Å². The molecule has 0 saturated heterocycles. The lowest BCUT2D eigenvalue weighted by molar-refractivity contribution is -0.143. The molecular weight excluding hydrogens is 488 g/mol. The fourth-order valence-corrected chi connectivity index (χ4v) is 3.14. The average Bonchev–Trinajstić information content (AvgIpc) is 2.84. The second kappa shape index (κ2) is 15.7. The molecule has 13 N–H and O–H groups in total. The van der Waals surface area contributed by atoms with Gasteiger partial charge in [0.2, 0.25) is 23.6 Å². The molecule has 37 heavy (non-hydrogen) atoms. The summed E-state index contributed by atoms with van der Waals surface area (Å²) >= 11 is 0. The molecule has 0 heterocycles. The molecule has 0 radical (unpaired) electrons. The molecule has 0 aliphatic carbocycles. The number of aliphatic hydroxyl groups is 1. The maximum atomic E-state index is 13.1. The van der Waals surface area contributed by atoms with Crippen molar-refractivity contribution in [3.05, 3.63) is 35.9 Å². The van der Waals surface area contributed by atoms with Gasteiger partial charge in [-0.15, -0.1) is 0 Å². The Labute approximate surface area is 213 Å². The van der Waals surface area contributed by atoms with Crippen molar-refractivity contribution in [2.75, 3.05) is 13.2 Å². The molecule has 0 fully saturated rings. The van der Waals surface area contributed by atoms with Crippen molar-refractivity contribution >= 4 is 35.6 Å². The van der Waals surface area contributed by atoms with E-state index in [1.807, 2.05) is 0 Å². The fourth-order valence-electron chi connectivity index (χ4n) is 3.14. The Morgan fingerprint density at radius 2 is 1.43 bits per heavy atom. The number of hydrogen-bond acceptors (Lipinski definition) is 8. The Morgan fingerprint density at radius 1 is 0.865 bits per heavy atom. The summed E-state index contributed by atoms with van der Waals surface area (Å²) in [6, 6.07) is 3.18. The fraction of sp³-hybridized carbons (Fsp3) is 0.455. The molecule has 0 aromatic heterocycles. The Kier molecular flexibility index (Phi) is 13.1. The molecule has 0 spiro atoms. The number of nitrogens with two attached hydrogens (primary N) is 4. The Balaban J connectivity index is 3.14. The Hall–Kier alpha value is -4.24. The summed E-state index contributed by atoms with van der Waals surface area (Å²) in [5.74, 6) is -5.05. The van der Waals surface area contributed by atoms with Crippen LogP contribution in [-0.2, 0) is 30.4 Å². The van der Waals surface area contributed by atoms with E-state index >= 15 is 0 Å². The number of rotatable bonds is 16. The van der Waals surface area contributed by atoms with Gasteiger partial charge in [0.15, 0.2) is 5.96 Å². The predicted molar refractivity (Wildman–Crippen MR) is 132 cm³/mol. The van der Waals surface area contributed by atoms with Crippen molar-refractivity contribution in [2.24, 2.45) is 27.9 Å². The highest BCUT2D eigenvalue weighted by Crippen LogP contribution is 2.07. The van der Waals surface area contributed by atoms with E-state index in [2.05, 4.69) is 20.9 Å². The lowest BCUT2D eigenvalue weighted by Gasteiger charge is -2.25. The first-order valence-electron chi connectivity index (χ1n) is 11.3. The second-order valence-corrected chi connectivity index (χ2v) is 8.12. The molecule has 4 atom stereocenters. The van der Waals surface area contributed by atoms with Crippen LogP contribution < -0.4 is 38.9 Å². The number of carboxylic acids is 1. The maximum absolute atomic E-state index is 13.1. The van der Waals surface area contributed by atoms with E-state index in [4.69, 9.17) is 28.0 Å². The van der Waals surface area contributed by atoms with Gasteiger partial charge in [0.25, 0.3) is 0 Å². The number of carbonyl (C=O) groups excluding carboxylic acids is 4. The number of aliphatic imine (C=N–C) groups is 1. The third kappa shape index (κ3) is 11.8. The minimum atomic E-state index is -1.61. The topological polar surface area (TPSA) is 278 Å². The van der Waals surface area contributed by atoms with Crippen molar-refractivity contribution in [2.45, 2.75) is 49.9 Å². The maximum Gasteiger partial charge on any atom is 0.326 e. The second-order valence-electron chi connectivity index (χ2n) is 8.12. The van der Waals surface area contributed by atoms with Crippen LogP contribution in [0.5, 0.6) is 0 Å². The molecule has 1 aromatic carbocycles. The van der Waals surface area contributed by atoms with Crippen LogP contribution in [-0.4, -0.2) is 83.1 Å². The molecule has 4 amide bonds. The highest BCUT2D eigenvalue weighted by molar-refractivity contribution is 5.95. The van der Waals surface area contributed by atoms with Crippen LogP contribution in [0, 0.1) is 0 Å². The van der Waals surface area contributed by atoms with E-state index < -0.39 is 66.8 Å². The minimum absolute atomic E-state index is 0.0356. The lowest BCUT2D eigenvalue weighted by Crippen LogP contribution is -2.58. The number of carboxylic acid groups (broad SMARTS) is 1. The Bertz CT molecular complexity index is 969. The summed E-state index contributed by atoms with van der Waals surface area (Å²) in [5.41, 5.74) is 21.8. The first-order valence-corrected chi connectivity index (χ1v) is 11.3. The van der Waals surface area contributed by atoms with Crippen LogP contribution in [0.15, 0.2) is 35.3 Å². The lowest BCUT2D eigenvalue weighted by atomic mass is 10.0. The minimum Gasteiger partial charge on any atom is -0.480 e. The summed E-state index contributed by atoms with van der Waals surface area (Å²) in [7, 11) is 0. The van der Waals surface area contributed by atoms with Gasteiger partial charge in [-0.2, -0.15) is 0 Å². The number of hydrogen-bond donors (Lipinski definition) is 9. The van der Waals surface area contributed by atoms with Gasteiger partial charge in [0, 0.05) is 13.0 Å². The standard InChI is InChI=1S/C22H34N8O7/c23-13(11-31)18(33)28-14(7-4-8-27-22(25)26)19(34)29-15(9-12-5-2-1-3-6-12)20(35)30-16(21(36)37)10-17(24)32/h1-3,5-6,13-16,31H,4,7-11,23H2,(H2,24,32)(H,28,33)(H,29,34)(H,30,35)(H,36,37)(H4,25,26,27). The average molecular weight is 523 g/mol. The SMILES string of the molecule is NC(=O)CC(NC(=O)C(Cc1ccccc1)NC(=O)C(CCCN=C(N)N)NC(=O)C(N)CO)C(=O)O. The summed E-state index contributed by atoms with van der Waals surface area (Å²) < 4.78 is 0. The van der Waals surface area contributed by atoms with Crippen molar-refractivity contribution in [3.8, 4) is 0 Å². The molecule has 0 aliphatic rings. The monoisotopic (exact) mass is 522 g/mol. The van der Waals surface area contributed by atoms with E-state index in [-0.39, 0.29) is 31.8 Å². The number of aliphatic hydroxyl groups excluding tert-OH is 1. The quantitative estimate of drug-likeness (QED) is 0.0576. The van der Waals surface area contributed by atoms with Gasteiger partial charge in [0.1, 0.15) is 24.2 Å². The first-order chi connectivity index (χ1) is 17.4. The van der Waals surface area contributed by atoms with Gasteiger partial charge in [-0.05, 0) is 18.4 Å². The van der Waals surface area contributed by atoms with Crippen LogP contribution in [0.3, 0.4) is 0 Å². The van der Waals surface area contributed by atoms with Crippen molar-refractivity contribution in [1.29, 1.82) is 0 Å². The molecule has 0 bridgehead atoms. The number of nitrogens with one attached hydrogen (secondary N) is 3. The predicted octanol–water partition coefficient (Wildman–Crippen LogP) is -3.98. The van der Waals surface area contributed by atoms with Crippen LogP contribution in [0.25, 0.3) is 0 Å². The van der Waals surface area contributed by atoms with Crippen molar-refractivity contribution < 1.29 is 34.2 Å². The molecule has 15 heteroatoms. The number of amides is 4. The van der Waals surface area contributed by atoms with Crippen molar-refractivity contribution in [1.82, 2.24) is 16.0 Å². The number of carbonyl (C=O) groups is 5. The third-order valence-corrected chi connectivity index (χ3v) is 5.05. The number of guanidine groups is 1. The zero-order valence-electron chi connectivity index (χ0n) is 20.1. The molecule has 1 rings (SSSR count). The number of benzene rings is 1. The largest absolute Gasteiger partial charge is 0.480 e. The van der Waals surface area contributed by atoms with Crippen LogP contribution in [0.2, 0.25) is 0 Å².